The van der Waals surface area contributed by atoms with Crippen molar-refractivity contribution in [1.82, 2.24) is 0 Å². The number of benzene rings is 2. The smallest absolute Gasteiger partial charge is 0.335 e. The van der Waals surface area contributed by atoms with Crippen molar-refractivity contribution in [3.63, 3.8) is 0 Å². The Morgan fingerprint density at radius 3 is 1.06 bits per heavy atom. The highest BCUT2D eigenvalue weighted by Crippen LogP contribution is 2.05. The van der Waals surface area contributed by atoms with Gasteiger partial charge in [-0.3, -0.25) is 9.59 Å². The average Bonchev–Trinajstić information content (AvgIpc) is 2.77. The lowest BCUT2D eigenvalue weighted by Crippen LogP contribution is -2.12. The molecule has 0 aromatic heterocycles. The molecule has 0 atom stereocenters. The minimum absolute atomic E-state index is 0.0186. The van der Waals surface area contributed by atoms with Crippen LogP contribution in [0.2, 0.25) is 0 Å². The number of aromatic carboxylic acids is 4. The first-order valence-corrected chi connectivity index (χ1v) is 9.55. The Hall–Kier alpha value is -4.74. The molecule has 2 aromatic rings. The number of carboxylic acid groups (broad SMARTS) is 4. The van der Waals surface area contributed by atoms with Crippen LogP contribution >= 0.6 is 0 Å². The van der Waals surface area contributed by atoms with Gasteiger partial charge in [-0.25, -0.2) is 19.2 Å². The van der Waals surface area contributed by atoms with Crippen LogP contribution in [0.25, 0.3) is 0 Å². The Balaban J connectivity index is 0.000000484. The van der Waals surface area contributed by atoms with Crippen LogP contribution in [0, 0.1) is 0 Å². The van der Waals surface area contributed by atoms with E-state index in [1.807, 2.05) is 0 Å². The summed E-state index contributed by atoms with van der Waals surface area (Å²) in [5.41, 5.74) is 9.84. The summed E-state index contributed by atoms with van der Waals surface area (Å²) in [5, 5.41) is 33.9. The van der Waals surface area contributed by atoms with Gasteiger partial charge in [0.2, 0.25) is 11.8 Å². The summed E-state index contributed by atoms with van der Waals surface area (Å²) in [5.74, 6) is -5.04. The third-order valence-corrected chi connectivity index (χ3v) is 3.83. The molecule has 0 radical (unpaired) electrons. The first-order valence-electron chi connectivity index (χ1n) is 9.55. The summed E-state index contributed by atoms with van der Waals surface area (Å²) in [7, 11) is 0. The number of hydrogen-bond acceptors (Lipinski definition) is 6. The lowest BCUT2D eigenvalue weighted by molar-refractivity contribution is -0.119. The number of carbonyl (C=O) groups excluding carboxylic acids is 2. The zero-order chi connectivity index (χ0) is 26.3. The fourth-order valence-corrected chi connectivity index (χ4v) is 2.14. The van der Waals surface area contributed by atoms with Crippen LogP contribution in [0.1, 0.15) is 67.1 Å². The highest BCUT2D eigenvalue weighted by atomic mass is 16.4. The van der Waals surface area contributed by atoms with E-state index in [1.54, 1.807) is 0 Å². The molecular weight excluding hydrogens is 452 g/mol. The van der Waals surface area contributed by atoms with Crippen molar-refractivity contribution in [3.05, 3.63) is 70.8 Å². The van der Waals surface area contributed by atoms with E-state index in [0.29, 0.717) is 25.7 Å². The predicted octanol–water partition coefficient (Wildman–Crippen LogP) is 1.68. The molecule has 0 aliphatic rings. The lowest BCUT2D eigenvalue weighted by atomic mass is 10.1. The summed E-state index contributed by atoms with van der Waals surface area (Å²) in [6.07, 6.45) is 1.98. The van der Waals surface area contributed by atoms with Crippen LogP contribution in [0.3, 0.4) is 0 Å². The third-order valence-electron chi connectivity index (χ3n) is 3.83. The topological polar surface area (TPSA) is 235 Å². The van der Waals surface area contributed by atoms with E-state index in [-0.39, 0.29) is 34.1 Å². The second-order valence-corrected chi connectivity index (χ2v) is 6.52. The quantitative estimate of drug-likeness (QED) is 0.286. The van der Waals surface area contributed by atoms with E-state index in [4.69, 9.17) is 31.9 Å². The Bertz CT molecular complexity index is 954. The zero-order valence-electron chi connectivity index (χ0n) is 17.8. The van der Waals surface area contributed by atoms with Crippen LogP contribution in [-0.4, -0.2) is 56.1 Å². The van der Waals surface area contributed by atoms with E-state index < -0.39 is 23.9 Å². The molecular formula is C22H24N2O10. The first-order chi connectivity index (χ1) is 15.8. The van der Waals surface area contributed by atoms with Gasteiger partial charge in [0, 0.05) is 12.8 Å². The Labute approximate surface area is 193 Å². The van der Waals surface area contributed by atoms with Crippen molar-refractivity contribution in [2.24, 2.45) is 11.5 Å². The number of nitrogens with two attached hydrogens (primary N) is 2. The summed E-state index contributed by atoms with van der Waals surface area (Å²) >= 11 is 0. The molecule has 182 valence electrons. The Morgan fingerprint density at radius 1 is 0.529 bits per heavy atom. The molecule has 0 fully saturated rings. The number of hydrogen-bond donors (Lipinski definition) is 6. The van der Waals surface area contributed by atoms with Gasteiger partial charge in [-0.2, -0.15) is 0 Å². The minimum Gasteiger partial charge on any atom is -0.478 e. The van der Waals surface area contributed by atoms with Gasteiger partial charge in [0.25, 0.3) is 0 Å². The van der Waals surface area contributed by atoms with Crippen LogP contribution < -0.4 is 11.5 Å². The standard InChI is InChI=1S/2C8H6O4.C6H12N2O2/c9-7(10)5-1-2-6(4-3-5)8(11)12;9-7(10)5-2-1-3-6(4-5)8(11)12;7-5(9)3-1-2-4-6(8)10/h2*1-4H,(H,9,10)(H,11,12);1-4H2,(H2,7,9)(H2,8,10). The van der Waals surface area contributed by atoms with Gasteiger partial charge >= 0.3 is 23.9 Å². The van der Waals surface area contributed by atoms with Crippen LogP contribution in [0.5, 0.6) is 0 Å². The largest absolute Gasteiger partial charge is 0.478 e. The Kier molecular flexibility index (Phi) is 13.0. The molecule has 0 unspecified atom stereocenters. The zero-order valence-corrected chi connectivity index (χ0v) is 17.8. The summed E-state index contributed by atoms with van der Waals surface area (Å²) < 4.78 is 0. The molecule has 34 heavy (non-hydrogen) atoms. The summed E-state index contributed by atoms with van der Waals surface area (Å²) in [6.45, 7) is 0. The number of primary amides is 2. The maximum atomic E-state index is 10.4. The first kappa shape index (κ1) is 29.3. The van der Waals surface area contributed by atoms with Gasteiger partial charge in [0.1, 0.15) is 0 Å². The van der Waals surface area contributed by atoms with Gasteiger partial charge in [0.15, 0.2) is 0 Å². The molecule has 0 saturated carbocycles. The lowest BCUT2D eigenvalue weighted by Gasteiger charge is -1.95. The second-order valence-electron chi connectivity index (χ2n) is 6.52. The van der Waals surface area contributed by atoms with Gasteiger partial charge in [-0.1, -0.05) is 6.07 Å². The molecule has 12 nitrogen and oxygen atoms in total. The van der Waals surface area contributed by atoms with Gasteiger partial charge in [-0.15, -0.1) is 0 Å². The van der Waals surface area contributed by atoms with Crippen molar-refractivity contribution < 1.29 is 49.2 Å². The van der Waals surface area contributed by atoms with Crippen molar-refractivity contribution >= 4 is 35.7 Å². The predicted molar refractivity (Wildman–Crippen MR) is 118 cm³/mol. The van der Waals surface area contributed by atoms with Crippen molar-refractivity contribution in [3.8, 4) is 0 Å². The molecule has 0 aliphatic heterocycles. The van der Waals surface area contributed by atoms with Crippen molar-refractivity contribution in [1.29, 1.82) is 0 Å². The average molecular weight is 476 g/mol. The highest BCUT2D eigenvalue weighted by Gasteiger charge is 2.07. The molecule has 0 spiro atoms. The van der Waals surface area contributed by atoms with Crippen LogP contribution in [0.15, 0.2) is 48.5 Å². The van der Waals surface area contributed by atoms with Gasteiger partial charge < -0.3 is 31.9 Å². The van der Waals surface area contributed by atoms with E-state index in [1.165, 1.54) is 42.5 Å². The number of amides is 2. The summed E-state index contributed by atoms with van der Waals surface area (Å²) in [4.78, 5) is 61.7. The number of carbonyl (C=O) groups is 6. The molecule has 0 heterocycles. The Morgan fingerprint density at radius 2 is 0.824 bits per heavy atom. The van der Waals surface area contributed by atoms with Crippen LogP contribution in [0.4, 0.5) is 0 Å². The monoisotopic (exact) mass is 476 g/mol. The molecule has 0 aliphatic carbocycles. The molecule has 0 saturated heterocycles. The van der Waals surface area contributed by atoms with Gasteiger partial charge in [-0.05, 0) is 55.3 Å². The molecule has 12 heteroatoms. The fourth-order valence-electron chi connectivity index (χ4n) is 2.14. The normalized spacial score (nSPS) is 9.29. The van der Waals surface area contributed by atoms with E-state index >= 15 is 0 Å². The SMILES string of the molecule is NC(=O)CCCCC(N)=O.O=C(O)c1ccc(C(=O)O)cc1.O=C(O)c1cccc(C(=O)O)c1. The maximum Gasteiger partial charge on any atom is 0.335 e. The number of unbranched alkanes of at least 4 members (excludes halogenated alkanes) is 1. The molecule has 8 N–H and O–H groups in total. The number of rotatable bonds is 9. The van der Waals surface area contributed by atoms with Crippen LogP contribution in [-0.2, 0) is 9.59 Å². The van der Waals surface area contributed by atoms with Crippen molar-refractivity contribution in [2.75, 3.05) is 0 Å². The highest BCUT2D eigenvalue weighted by molar-refractivity contribution is 5.93. The molecule has 2 amide bonds. The molecule has 0 bridgehead atoms. The fraction of sp³-hybridized carbons (Fsp3) is 0.182. The summed E-state index contributed by atoms with van der Waals surface area (Å²) in [6, 6.07) is 10.2. The minimum atomic E-state index is -1.13. The van der Waals surface area contributed by atoms with Crippen molar-refractivity contribution in [2.45, 2.75) is 25.7 Å². The maximum absolute atomic E-state index is 10.4. The molecule has 2 aromatic carbocycles. The van der Waals surface area contributed by atoms with E-state index in [2.05, 4.69) is 0 Å². The number of carboxylic acids is 4. The second kappa shape index (κ2) is 15.1. The van der Waals surface area contributed by atoms with E-state index in [0.717, 1.165) is 6.07 Å². The van der Waals surface area contributed by atoms with Gasteiger partial charge in [0.05, 0.1) is 22.3 Å². The van der Waals surface area contributed by atoms with E-state index in [9.17, 15) is 28.8 Å². The third kappa shape index (κ3) is 12.8. The molecule has 2 rings (SSSR count).